The van der Waals surface area contributed by atoms with Gasteiger partial charge in [0.2, 0.25) is 0 Å². The van der Waals surface area contributed by atoms with Crippen LogP contribution in [0.15, 0.2) is 36.4 Å². The first-order valence-corrected chi connectivity index (χ1v) is 5.00. The van der Waals surface area contributed by atoms with E-state index in [1.165, 1.54) is 18.4 Å². The van der Waals surface area contributed by atoms with E-state index < -0.39 is 0 Å². The van der Waals surface area contributed by atoms with Crippen LogP contribution in [0.25, 0.3) is 6.08 Å². The second-order valence-electron chi connectivity index (χ2n) is 3.78. The van der Waals surface area contributed by atoms with Crippen molar-refractivity contribution in [2.75, 3.05) is 0 Å². The fourth-order valence-electron chi connectivity index (χ4n) is 1.21. The van der Waals surface area contributed by atoms with E-state index in [-0.39, 0.29) is 0 Å². The highest BCUT2D eigenvalue weighted by atomic mass is 14.0. The average Bonchev–Trinajstić information content (AvgIpc) is 2.14. The van der Waals surface area contributed by atoms with Crippen LogP contribution in [0.1, 0.15) is 32.3 Å². The van der Waals surface area contributed by atoms with Crippen LogP contribution in [0.3, 0.4) is 0 Å². The van der Waals surface area contributed by atoms with Crippen molar-refractivity contribution < 1.29 is 0 Å². The largest absolute Gasteiger partial charge is 0.0839 e. The van der Waals surface area contributed by atoms with Crippen LogP contribution >= 0.6 is 0 Å². The van der Waals surface area contributed by atoms with Gasteiger partial charge < -0.3 is 0 Å². The number of benzene rings is 1. The molecule has 1 aromatic rings. The first kappa shape index (κ1) is 10.0. The van der Waals surface area contributed by atoms with Gasteiger partial charge in [0.25, 0.3) is 0 Å². The Morgan fingerprint density at radius 1 is 1.15 bits per heavy atom. The minimum atomic E-state index is 0.806. The number of rotatable bonds is 4. The minimum absolute atomic E-state index is 0.806. The SMILES string of the molecule is CC(C)CCC=Cc1ccccc1. The number of allylic oxidation sites excluding steroid dienone is 1. The molecular formula is C13H18. The average molecular weight is 174 g/mol. The van der Waals surface area contributed by atoms with Gasteiger partial charge in [0.05, 0.1) is 0 Å². The molecule has 0 radical (unpaired) electrons. The van der Waals surface area contributed by atoms with Crippen LogP contribution in [-0.2, 0) is 0 Å². The monoisotopic (exact) mass is 174 g/mol. The fraction of sp³-hybridized carbons (Fsp3) is 0.385. The second kappa shape index (κ2) is 5.58. The van der Waals surface area contributed by atoms with E-state index in [1.54, 1.807) is 0 Å². The maximum Gasteiger partial charge on any atom is -0.0260 e. The first-order valence-electron chi connectivity index (χ1n) is 5.00. The molecule has 1 rings (SSSR count). The van der Waals surface area contributed by atoms with Gasteiger partial charge in [-0.25, -0.2) is 0 Å². The van der Waals surface area contributed by atoms with Crippen molar-refractivity contribution in [1.29, 1.82) is 0 Å². The van der Waals surface area contributed by atoms with Gasteiger partial charge >= 0.3 is 0 Å². The minimum Gasteiger partial charge on any atom is -0.0839 e. The van der Waals surface area contributed by atoms with Gasteiger partial charge in [-0.15, -0.1) is 0 Å². The Hall–Kier alpha value is -1.04. The molecule has 0 amide bonds. The molecule has 70 valence electrons. The summed E-state index contributed by atoms with van der Waals surface area (Å²) in [5.74, 6) is 0.806. The van der Waals surface area contributed by atoms with Crippen molar-refractivity contribution in [2.45, 2.75) is 26.7 Å². The van der Waals surface area contributed by atoms with Crippen molar-refractivity contribution in [1.82, 2.24) is 0 Å². The molecule has 0 saturated carbocycles. The molecule has 0 N–H and O–H groups in total. The molecule has 0 heterocycles. The van der Waals surface area contributed by atoms with E-state index in [4.69, 9.17) is 0 Å². The molecular weight excluding hydrogens is 156 g/mol. The molecule has 0 aliphatic heterocycles. The predicted molar refractivity (Wildman–Crippen MR) is 59.5 cm³/mol. The molecule has 0 saturated heterocycles. The Bertz CT molecular complexity index is 244. The Kier molecular flexibility index (Phi) is 4.31. The zero-order valence-corrected chi connectivity index (χ0v) is 8.53. The molecule has 1 aromatic carbocycles. The van der Waals surface area contributed by atoms with Crippen LogP contribution in [-0.4, -0.2) is 0 Å². The lowest BCUT2D eigenvalue weighted by Crippen LogP contribution is -1.83. The summed E-state index contributed by atoms with van der Waals surface area (Å²) in [4.78, 5) is 0. The van der Waals surface area contributed by atoms with E-state index in [0.29, 0.717) is 0 Å². The summed E-state index contributed by atoms with van der Waals surface area (Å²) in [5, 5.41) is 0. The molecule has 0 aromatic heterocycles. The molecule has 0 spiro atoms. The van der Waals surface area contributed by atoms with Crippen LogP contribution in [0.5, 0.6) is 0 Å². The Morgan fingerprint density at radius 3 is 2.46 bits per heavy atom. The highest BCUT2D eigenvalue weighted by Crippen LogP contribution is 2.07. The predicted octanol–water partition coefficient (Wildman–Crippen LogP) is 4.14. The smallest absolute Gasteiger partial charge is 0.0260 e. The normalized spacial score (nSPS) is 11.3. The summed E-state index contributed by atoms with van der Waals surface area (Å²) < 4.78 is 0. The summed E-state index contributed by atoms with van der Waals surface area (Å²) in [6.07, 6.45) is 6.92. The van der Waals surface area contributed by atoms with E-state index in [2.05, 4.69) is 50.3 Å². The first-order chi connectivity index (χ1) is 6.29. The van der Waals surface area contributed by atoms with Crippen LogP contribution < -0.4 is 0 Å². The molecule has 13 heavy (non-hydrogen) atoms. The molecule has 0 fully saturated rings. The van der Waals surface area contributed by atoms with Crippen LogP contribution in [0, 0.1) is 5.92 Å². The number of hydrogen-bond acceptors (Lipinski definition) is 0. The van der Waals surface area contributed by atoms with Crippen molar-refractivity contribution >= 4 is 6.08 Å². The third kappa shape index (κ3) is 4.51. The molecule has 0 aliphatic carbocycles. The summed E-state index contributed by atoms with van der Waals surface area (Å²) in [6, 6.07) is 10.5. The van der Waals surface area contributed by atoms with E-state index in [1.807, 2.05) is 6.07 Å². The van der Waals surface area contributed by atoms with Gasteiger partial charge in [-0.1, -0.05) is 56.3 Å². The third-order valence-electron chi connectivity index (χ3n) is 2.02. The maximum absolute atomic E-state index is 2.26. The highest BCUT2D eigenvalue weighted by molar-refractivity contribution is 5.48. The molecule has 0 unspecified atom stereocenters. The Morgan fingerprint density at radius 2 is 1.85 bits per heavy atom. The molecule has 0 aliphatic rings. The van der Waals surface area contributed by atoms with Crippen molar-refractivity contribution in [3.8, 4) is 0 Å². The summed E-state index contributed by atoms with van der Waals surface area (Å²) in [5.41, 5.74) is 1.30. The van der Waals surface area contributed by atoms with Gasteiger partial charge in [-0.2, -0.15) is 0 Å². The van der Waals surface area contributed by atoms with Crippen LogP contribution in [0.2, 0.25) is 0 Å². The molecule has 0 atom stereocenters. The van der Waals surface area contributed by atoms with Gasteiger partial charge in [0.1, 0.15) is 0 Å². The highest BCUT2D eigenvalue weighted by Gasteiger charge is 1.89. The summed E-state index contributed by atoms with van der Waals surface area (Å²) >= 11 is 0. The zero-order valence-electron chi connectivity index (χ0n) is 8.53. The van der Waals surface area contributed by atoms with Crippen molar-refractivity contribution in [3.63, 3.8) is 0 Å². The standard InChI is InChI=1S/C13H18/c1-12(2)8-6-7-11-13-9-4-3-5-10-13/h3-5,7,9-12H,6,8H2,1-2H3. The van der Waals surface area contributed by atoms with Gasteiger partial charge in [0.15, 0.2) is 0 Å². The maximum atomic E-state index is 2.26. The van der Waals surface area contributed by atoms with Crippen molar-refractivity contribution in [2.24, 2.45) is 5.92 Å². The Labute approximate surface area is 81.3 Å². The van der Waals surface area contributed by atoms with Gasteiger partial charge in [-0.3, -0.25) is 0 Å². The second-order valence-corrected chi connectivity index (χ2v) is 3.78. The van der Waals surface area contributed by atoms with Crippen LogP contribution in [0.4, 0.5) is 0 Å². The molecule has 0 heteroatoms. The van der Waals surface area contributed by atoms with Gasteiger partial charge in [0, 0.05) is 0 Å². The lowest BCUT2D eigenvalue weighted by Gasteiger charge is -1.98. The molecule has 0 nitrogen and oxygen atoms in total. The van der Waals surface area contributed by atoms with E-state index in [9.17, 15) is 0 Å². The summed E-state index contributed by atoms with van der Waals surface area (Å²) in [7, 11) is 0. The topological polar surface area (TPSA) is 0 Å². The van der Waals surface area contributed by atoms with E-state index >= 15 is 0 Å². The lowest BCUT2D eigenvalue weighted by atomic mass is 10.1. The number of hydrogen-bond donors (Lipinski definition) is 0. The Balaban J connectivity index is 2.33. The third-order valence-corrected chi connectivity index (χ3v) is 2.02. The molecule has 0 bridgehead atoms. The quantitative estimate of drug-likeness (QED) is 0.643. The fourth-order valence-corrected chi connectivity index (χ4v) is 1.21. The summed E-state index contributed by atoms with van der Waals surface area (Å²) in [6.45, 7) is 4.52. The van der Waals surface area contributed by atoms with Crippen molar-refractivity contribution in [3.05, 3.63) is 42.0 Å². The zero-order chi connectivity index (χ0) is 9.52. The van der Waals surface area contributed by atoms with Gasteiger partial charge in [-0.05, 0) is 24.3 Å². The van der Waals surface area contributed by atoms with E-state index in [0.717, 1.165) is 5.92 Å². The lowest BCUT2D eigenvalue weighted by molar-refractivity contribution is 0.595.